The number of nitrogens with zero attached hydrogens (tertiary/aromatic N) is 1. The van der Waals surface area contributed by atoms with Gasteiger partial charge in [0.05, 0.1) is 6.07 Å². The van der Waals surface area contributed by atoms with Crippen LogP contribution < -0.4 is 5.73 Å². The lowest BCUT2D eigenvalue weighted by Crippen LogP contribution is -2.19. The first-order chi connectivity index (χ1) is 6.63. The lowest BCUT2D eigenvalue weighted by atomic mass is 10.3. The Labute approximate surface area is 84.7 Å². The molecule has 0 aromatic heterocycles. The van der Waals surface area contributed by atoms with E-state index in [4.69, 9.17) is 11.0 Å². The fraction of sp³-hybridized carbons (Fsp3) is 0.222. The van der Waals surface area contributed by atoms with Gasteiger partial charge in [-0.1, -0.05) is 0 Å². The first-order valence-corrected chi connectivity index (χ1v) is 4.85. The van der Waals surface area contributed by atoms with Crippen molar-refractivity contribution in [2.24, 2.45) is 5.73 Å². The van der Waals surface area contributed by atoms with Crippen LogP contribution in [0.4, 0.5) is 8.78 Å². The second kappa shape index (κ2) is 4.94. The summed E-state index contributed by atoms with van der Waals surface area (Å²) in [5.41, 5.74) is 5.31. The first-order valence-electron chi connectivity index (χ1n) is 3.86. The molecule has 74 valence electrons. The van der Waals surface area contributed by atoms with Crippen LogP contribution in [0.15, 0.2) is 23.1 Å². The number of thioether (sulfide) groups is 1. The van der Waals surface area contributed by atoms with E-state index in [1.807, 2.05) is 6.07 Å². The summed E-state index contributed by atoms with van der Waals surface area (Å²) in [5, 5.41) is 8.38. The molecule has 0 radical (unpaired) electrons. The van der Waals surface area contributed by atoms with E-state index in [0.29, 0.717) is 0 Å². The number of hydrogen-bond acceptors (Lipinski definition) is 3. The van der Waals surface area contributed by atoms with Crippen molar-refractivity contribution in [1.29, 1.82) is 5.26 Å². The summed E-state index contributed by atoms with van der Waals surface area (Å²) in [6.07, 6.45) is 0. The molecule has 1 atom stereocenters. The van der Waals surface area contributed by atoms with Gasteiger partial charge in [-0.3, -0.25) is 0 Å². The maximum absolute atomic E-state index is 13.0. The van der Waals surface area contributed by atoms with Crippen molar-refractivity contribution in [2.75, 3.05) is 5.75 Å². The van der Waals surface area contributed by atoms with Crippen LogP contribution in [0, 0.1) is 23.0 Å². The monoisotopic (exact) mass is 214 g/mol. The molecule has 0 aliphatic heterocycles. The van der Waals surface area contributed by atoms with Gasteiger partial charge in [0, 0.05) is 10.6 Å². The predicted octanol–water partition coefficient (Wildman–Crippen LogP) is 1.91. The molecule has 0 saturated heterocycles. The number of hydrogen-bond donors (Lipinski definition) is 1. The molecule has 14 heavy (non-hydrogen) atoms. The molecule has 1 unspecified atom stereocenters. The zero-order valence-corrected chi connectivity index (χ0v) is 8.02. The van der Waals surface area contributed by atoms with E-state index in [1.165, 1.54) is 0 Å². The van der Waals surface area contributed by atoms with E-state index in [1.54, 1.807) is 0 Å². The van der Waals surface area contributed by atoms with Gasteiger partial charge in [-0.15, -0.1) is 11.8 Å². The van der Waals surface area contributed by atoms with Crippen molar-refractivity contribution >= 4 is 11.8 Å². The lowest BCUT2D eigenvalue weighted by molar-refractivity contribution is 0.577. The van der Waals surface area contributed by atoms with E-state index in [9.17, 15) is 8.78 Å². The van der Waals surface area contributed by atoms with Crippen molar-refractivity contribution in [3.05, 3.63) is 29.8 Å². The summed E-state index contributed by atoms with van der Waals surface area (Å²) in [7, 11) is 0. The molecule has 1 aromatic carbocycles. The third kappa shape index (κ3) is 2.98. The van der Waals surface area contributed by atoms with Crippen LogP contribution in [-0.4, -0.2) is 11.8 Å². The molecule has 2 N–H and O–H groups in total. The minimum atomic E-state index is -0.664. The van der Waals surface area contributed by atoms with Crippen molar-refractivity contribution < 1.29 is 8.78 Å². The topological polar surface area (TPSA) is 49.8 Å². The zero-order valence-electron chi connectivity index (χ0n) is 7.21. The van der Waals surface area contributed by atoms with E-state index >= 15 is 0 Å². The largest absolute Gasteiger partial charge is 0.315 e. The number of benzene rings is 1. The number of rotatable bonds is 3. The Morgan fingerprint density at radius 1 is 1.50 bits per heavy atom. The van der Waals surface area contributed by atoms with Crippen LogP contribution in [0.5, 0.6) is 0 Å². The van der Waals surface area contributed by atoms with E-state index in [-0.39, 0.29) is 10.6 Å². The lowest BCUT2D eigenvalue weighted by Gasteiger charge is -2.03. The molecule has 2 nitrogen and oxygen atoms in total. The minimum Gasteiger partial charge on any atom is -0.315 e. The van der Waals surface area contributed by atoms with Crippen LogP contribution >= 0.6 is 11.8 Å². The molecular weight excluding hydrogens is 206 g/mol. The summed E-state index contributed by atoms with van der Waals surface area (Å²) in [6, 6.07) is 4.33. The second-order valence-electron chi connectivity index (χ2n) is 2.62. The molecule has 0 aliphatic carbocycles. The average Bonchev–Trinajstić information content (AvgIpc) is 2.19. The summed E-state index contributed by atoms with van der Waals surface area (Å²) < 4.78 is 25.7. The first kappa shape index (κ1) is 11.0. The fourth-order valence-electron chi connectivity index (χ4n) is 0.805. The van der Waals surface area contributed by atoms with Crippen molar-refractivity contribution in [3.8, 4) is 6.07 Å². The molecule has 0 heterocycles. The Morgan fingerprint density at radius 2 is 2.21 bits per heavy atom. The quantitative estimate of drug-likeness (QED) is 0.782. The van der Waals surface area contributed by atoms with Crippen molar-refractivity contribution in [2.45, 2.75) is 10.9 Å². The normalized spacial score (nSPS) is 12.1. The van der Waals surface area contributed by atoms with Gasteiger partial charge in [-0.25, -0.2) is 8.78 Å². The second-order valence-corrected chi connectivity index (χ2v) is 3.68. The molecule has 5 heteroatoms. The minimum absolute atomic E-state index is 0.177. The Balaban J connectivity index is 2.67. The van der Waals surface area contributed by atoms with Gasteiger partial charge in [0.15, 0.2) is 0 Å². The highest BCUT2D eigenvalue weighted by Crippen LogP contribution is 2.22. The molecule has 1 rings (SSSR count). The molecular formula is C9H8F2N2S. The van der Waals surface area contributed by atoms with E-state index in [0.717, 1.165) is 30.0 Å². The molecule has 0 amide bonds. The van der Waals surface area contributed by atoms with Gasteiger partial charge >= 0.3 is 0 Å². The summed E-state index contributed by atoms with van der Waals surface area (Å²) in [4.78, 5) is 0.177. The predicted molar refractivity (Wildman–Crippen MR) is 50.7 cm³/mol. The van der Waals surface area contributed by atoms with Crippen LogP contribution in [0.3, 0.4) is 0 Å². The molecule has 0 fully saturated rings. The maximum Gasteiger partial charge on any atom is 0.136 e. The van der Waals surface area contributed by atoms with Crippen molar-refractivity contribution in [1.82, 2.24) is 0 Å². The standard InChI is InChI=1S/C9H8F2N2S/c10-6-1-2-8(11)9(3-6)14-5-7(13)4-12/h1-3,7H,5,13H2. The smallest absolute Gasteiger partial charge is 0.136 e. The van der Waals surface area contributed by atoms with Crippen molar-refractivity contribution in [3.63, 3.8) is 0 Å². The van der Waals surface area contributed by atoms with Gasteiger partial charge in [-0.05, 0) is 18.2 Å². The van der Waals surface area contributed by atoms with Gasteiger partial charge < -0.3 is 5.73 Å². The van der Waals surface area contributed by atoms with Crippen LogP contribution in [-0.2, 0) is 0 Å². The summed E-state index contributed by atoms with van der Waals surface area (Å²) in [6.45, 7) is 0. The van der Waals surface area contributed by atoms with Gasteiger partial charge in [-0.2, -0.15) is 5.26 Å². The summed E-state index contributed by atoms with van der Waals surface area (Å²) >= 11 is 1.03. The fourth-order valence-corrected chi connectivity index (χ4v) is 1.64. The highest BCUT2D eigenvalue weighted by molar-refractivity contribution is 7.99. The SMILES string of the molecule is N#CC(N)CSc1cc(F)ccc1F. The Hall–Kier alpha value is -1.12. The van der Waals surface area contributed by atoms with E-state index < -0.39 is 17.7 Å². The molecule has 0 spiro atoms. The highest BCUT2D eigenvalue weighted by Gasteiger charge is 2.07. The van der Waals surface area contributed by atoms with Gasteiger partial charge in [0.2, 0.25) is 0 Å². The summed E-state index contributed by atoms with van der Waals surface area (Å²) in [5.74, 6) is -0.752. The Morgan fingerprint density at radius 3 is 2.86 bits per heavy atom. The van der Waals surface area contributed by atoms with Crippen LogP contribution in [0.25, 0.3) is 0 Å². The molecule has 0 bridgehead atoms. The number of halogens is 2. The zero-order chi connectivity index (χ0) is 10.6. The molecule has 0 saturated carbocycles. The Bertz CT molecular complexity index is 362. The van der Waals surface area contributed by atoms with Gasteiger partial charge in [0.25, 0.3) is 0 Å². The van der Waals surface area contributed by atoms with Crippen LogP contribution in [0.1, 0.15) is 0 Å². The average molecular weight is 214 g/mol. The maximum atomic E-state index is 13.0. The number of nitrogens with two attached hydrogens (primary N) is 1. The van der Waals surface area contributed by atoms with Crippen LogP contribution in [0.2, 0.25) is 0 Å². The third-order valence-electron chi connectivity index (χ3n) is 1.48. The molecule has 0 aliphatic rings. The van der Waals surface area contributed by atoms with E-state index in [2.05, 4.69) is 0 Å². The van der Waals surface area contributed by atoms with Gasteiger partial charge in [0.1, 0.15) is 17.7 Å². The Kier molecular flexibility index (Phi) is 3.86. The molecule has 1 aromatic rings. The number of nitriles is 1. The highest BCUT2D eigenvalue weighted by atomic mass is 32.2. The third-order valence-corrected chi connectivity index (χ3v) is 2.63.